The lowest BCUT2D eigenvalue weighted by Crippen LogP contribution is -1.83. The molecule has 1 heteroatoms. The van der Waals surface area contributed by atoms with Crippen molar-refractivity contribution in [2.24, 2.45) is 0 Å². The summed E-state index contributed by atoms with van der Waals surface area (Å²) < 4.78 is 0. The van der Waals surface area contributed by atoms with E-state index < -0.39 is 0 Å². The largest absolute Gasteiger partial charge is 0.192 e. The van der Waals surface area contributed by atoms with Crippen LogP contribution in [0.1, 0.15) is 41.7 Å². The van der Waals surface area contributed by atoms with Crippen molar-refractivity contribution in [2.75, 3.05) is 0 Å². The Morgan fingerprint density at radius 3 is 2.10 bits per heavy atom. The van der Waals surface area contributed by atoms with Crippen LogP contribution in [0.15, 0.2) is 42.5 Å². The maximum atomic E-state index is 8.88. The van der Waals surface area contributed by atoms with E-state index in [2.05, 4.69) is 49.4 Å². The average molecular weight is 263 g/mol. The summed E-state index contributed by atoms with van der Waals surface area (Å²) in [7, 11) is 0. The summed E-state index contributed by atoms with van der Waals surface area (Å²) in [5, 5.41) is 8.88. The first-order valence-corrected chi connectivity index (χ1v) is 6.94. The fourth-order valence-electron chi connectivity index (χ4n) is 1.88. The maximum Gasteiger partial charge on any atom is 0.0994 e. The quantitative estimate of drug-likeness (QED) is 0.668. The molecule has 0 spiro atoms. The van der Waals surface area contributed by atoms with Crippen LogP contribution in [0.5, 0.6) is 0 Å². The van der Waals surface area contributed by atoms with Crippen molar-refractivity contribution >= 4 is 12.2 Å². The number of rotatable bonds is 2. The van der Waals surface area contributed by atoms with E-state index in [9.17, 15) is 0 Å². The number of nitriles is 1. The van der Waals surface area contributed by atoms with Gasteiger partial charge in [0.25, 0.3) is 0 Å². The molecule has 0 aliphatic rings. The van der Waals surface area contributed by atoms with Gasteiger partial charge in [-0.05, 0) is 36.6 Å². The first kappa shape index (κ1) is 15.7. The minimum Gasteiger partial charge on any atom is -0.192 e. The van der Waals surface area contributed by atoms with Gasteiger partial charge in [0.05, 0.1) is 11.6 Å². The molecule has 102 valence electrons. The van der Waals surface area contributed by atoms with E-state index in [1.165, 1.54) is 11.1 Å². The molecule has 0 atom stereocenters. The lowest BCUT2D eigenvalue weighted by atomic mass is 10.0. The van der Waals surface area contributed by atoms with Crippen molar-refractivity contribution < 1.29 is 0 Å². The zero-order valence-corrected chi connectivity index (χ0v) is 12.6. The molecular weight excluding hydrogens is 242 g/mol. The van der Waals surface area contributed by atoms with Crippen molar-refractivity contribution in [3.05, 3.63) is 70.3 Å². The third kappa shape index (κ3) is 4.40. The summed E-state index contributed by atoms with van der Waals surface area (Å²) in [5.74, 6) is 0. The number of nitrogens with zero attached hydrogens (tertiary/aromatic N) is 1. The molecule has 0 fully saturated rings. The van der Waals surface area contributed by atoms with Gasteiger partial charge in [-0.25, -0.2) is 0 Å². The van der Waals surface area contributed by atoms with Gasteiger partial charge in [0, 0.05) is 0 Å². The Morgan fingerprint density at radius 1 is 0.900 bits per heavy atom. The van der Waals surface area contributed by atoms with Crippen LogP contribution < -0.4 is 0 Å². The topological polar surface area (TPSA) is 23.8 Å². The molecule has 0 radical (unpaired) electrons. The van der Waals surface area contributed by atoms with Crippen LogP contribution in [0.4, 0.5) is 0 Å². The SMILES string of the molecule is CC.Cc1cccc(/C=C/c2ccc(C#N)c(C)c2)c1. The Labute approximate surface area is 122 Å². The van der Waals surface area contributed by atoms with Gasteiger partial charge in [-0.15, -0.1) is 0 Å². The van der Waals surface area contributed by atoms with E-state index in [4.69, 9.17) is 5.26 Å². The van der Waals surface area contributed by atoms with E-state index in [-0.39, 0.29) is 0 Å². The Hall–Kier alpha value is -2.33. The molecule has 0 aliphatic heterocycles. The molecule has 0 N–H and O–H groups in total. The van der Waals surface area contributed by atoms with Gasteiger partial charge in [0.15, 0.2) is 0 Å². The predicted molar refractivity (Wildman–Crippen MR) is 87.3 cm³/mol. The van der Waals surface area contributed by atoms with Gasteiger partial charge in [-0.3, -0.25) is 0 Å². The van der Waals surface area contributed by atoms with Crippen molar-refractivity contribution in [3.8, 4) is 6.07 Å². The highest BCUT2D eigenvalue weighted by atomic mass is 14.2. The van der Waals surface area contributed by atoms with Gasteiger partial charge in [-0.2, -0.15) is 5.26 Å². The highest BCUT2D eigenvalue weighted by Crippen LogP contribution is 2.14. The highest BCUT2D eigenvalue weighted by Gasteiger charge is 1.96. The fraction of sp³-hybridized carbons (Fsp3) is 0.211. The molecule has 0 bridgehead atoms. The average Bonchev–Trinajstić information content (AvgIpc) is 2.47. The second kappa shape index (κ2) is 7.96. The molecule has 1 nitrogen and oxygen atoms in total. The highest BCUT2D eigenvalue weighted by molar-refractivity contribution is 5.70. The molecular formula is C19H21N. The lowest BCUT2D eigenvalue weighted by Gasteiger charge is -1.99. The van der Waals surface area contributed by atoms with Crippen LogP contribution in [0, 0.1) is 25.2 Å². The minimum absolute atomic E-state index is 0.739. The maximum absolute atomic E-state index is 8.88. The number of aryl methyl sites for hydroxylation is 2. The van der Waals surface area contributed by atoms with E-state index in [1.54, 1.807) is 0 Å². The lowest BCUT2D eigenvalue weighted by molar-refractivity contribution is 1.39. The van der Waals surface area contributed by atoms with Crippen LogP contribution >= 0.6 is 0 Å². The normalized spacial score (nSPS) is 9.75. The first-order valence-electron chi connectivity index (χ1n) is 6.94. The van der Waals surface area contributed by atoms with Gasteiger partial charge >= 0.3 is 0 Å². The second-order valence-corrected chi connectivity index (χ2v) is 4.43. The zero-order chi connectivity index (χ0) is 15.0. The summed E-state index contributed by atoms with van der Waals surface area (Å²) >= 11 is 0. The zero-order valence-electron chi connectivity index (χ0n) is 12.6. The fourth-order valence-corrected chi connectivity index (χ4v) is 1.88. The Balaban J connectivity index is 0.000000956. The molecule has 0 saturated heterocycles. The third-order valence-corrected chi connectivity index (χ3v) is 2.88. The van der Waals surface area contributed by atoms with Crippen molar-refractivity contribution in [3.63, 3.8) is 0 Å². The molecule has 0 heterocycles. The number of benzene rings is 2. The molecule has 0 amide bonds. The first-order chi connectivity index (χ1) is 9.69. The third-order valence-electron chi connectivity index (χ3n) is 2.88. The summed E-state index contributed by atoms with van der Waals surface area (Å²) in [6, 6.07) is 16.4. The molecule has 2 aromatic carbocycles. The van der Waals surface area contributed by atoms with Crippen LogP contribution in [0.3, 0.4) is 0 Å². The minimum atomic E-state index is 0.739. The smallest absolute Gasteiger partial charge is 0.0994 e. The van der Waals surface area contributed by atoms with Crippen LogP contribution in [-0.4, -0.2) is 0 Å². The number of hydrogen-bond acceptors (Lipinski definition) is 1. The van der Waals surface area contributed by atoms with Crippen LogP contribution in [0.25, 0.3) is 12.2 Å². The van der Waals surface area contributed by atoms with Crippen molar-refractivity contribution in [1.29, 1.82) is 5.26 Å². The molecule has 0 saturated carbocycles. The summed E-state index contributed by atoms with van der Waals surface area (Å²) in [5.41, 5.74) is 5.32. The van der Waals surface area contributed by atoms with Crippen molar-refractivity contribution in [1.82, 2.24) is 0 Å². The van der Waals surface area contributed by atoms with E-state index in [0.717, 1.165) is 16.7 Å². The molecule has 0 aliphatic carbocycles. The summed E-state index contributed by atoms with van der Waals surface area (Å²) in [6.45, 7) is 8.05. The molecule has 2 aromatic rings. The van der Waals surface area contributed by atoms with Gasteiger partial charge in [0.2, 0.25) is 0 Å². The summed E-state index contributed by atoms with van der Waals surface area (Å²) in [4.78, 5) is 0. The van der Waals surface area contributed by atoms with Crippen LogP contribution in [-0.2, 0) is 0 Å². The molecule has 2 rings (SSSR count). The monoisotopic (exact) mass is 263 g/mol. The molecule has 20 heavy (non-hydrogen) atoms. The van der Waals surface area contributed by atoms with Gasteiger partial charge in [-0.1, -0.05) is 68.0 Å². The van der Waals surface area contributed by atoms with E-state index in [0.29, 0.717) is 0 Å². The number of hydrogen-bond donors (Lipinski definition) is 0. The summed E-state index contributed by atoms with van der Waals surface area (Å²) in [6.07, 6.45) is 4.16. The Bertz CT molecular complexity index is 630. The van der Waals surface area contributed by atoms with Crippen LogP contribution in [0.2, 0.25) is 0 Å². The standard InChI is InChI=1S/C17H15N.C2H6/c1-13-4-3-5-15(10-13)6-7-16-8-9-17(12-18)14(2)11-16;1-2/h3-11H,1-2H3;1-2H3/b7-6+;. The van der Waals surface area contributed by atoms with Gasteiger partial charge < -0.3 is 0 Å². The molecule has 0 aromatic heterocycles. The Kier molecular flexibility index (Phi) is 6.26. The molecule has 0 unspecified atom stereocenters. The van der Waals surface area contributed by atoms with E-state index in [1.807, 2.05) is 39.0 Å². The van der Waals surface area contributed by atoms with Crippen molar-refractivity contribution in [2.45, 2.75) is 27.7 Å². The van der Waals surface area contributed by atoms with Gasteiger partial charge in [0.1, 0.15) is 0 Å². The van der Waals surface area contributed by atoms with E-state index >= 15 is 0 Å². The predicted octanol–water partition coefficient (Wildman–Crippen LogP) is 5.37. The second-order valence-electron chi connectivity index (χ2n) is 4.43. The Morgan fingerprint density at radius 2 is 1.55 bits per heavy atom.